The monoisotopic (exact) mass is 367 g/mol. The number of aromatic nitrogens is 3. The first kappa shape index (κ1) is 16.6. The van der Waals surface area contributed by atoms with Gasteiger partial charge < -0.3 is 0 Å². The minimum atomic E-state index is -3.07. The molecule has 25 heavy (non-hydrogen) atoms. The number of sulfone groups is 1. The third-order valence-electron chi connectivity index (χ3n) is 4.85. The predicted molar refractivity (Wildman–Crippen MR) is 87.9 cm³/mol. The Bertz CT molecular complexity index is 907. The smallest absolute Gasteiger partial charge is 0.162 e. The summed E-state index contributed by atoms with van der Waals surface area (Å²) in [5.74, 6) is 0.119. The van der Waals surface area contributed by atoms with Gasteiger partial charge >= 0.3 is 0 Å². The van der Waals surface area contributed by atoms with E-state index in [1.807, 2.05) is 0 Å². The van der Waals surface area contributed by atoms with Crippen molar-refractivity contribution in [1.82, 2.24) is 14.8 Å². The highest BCUT2D eigenvalue weighted by atomic mass is 32.2. The van der Waals surface area contributed by atoms with Gasteiger partial charge in [0.15, 0.2) is 27.3 Å². The molecule has 0 bridgehead atoms. The summed E-state index contributed by atoms with van der Waals surface area (Å²) < 4.78 is 52.7. The summed E-state index contributed by atoms with van der Waals surface area (Å²) in [6.07, 6.45) is 3.64. The van der Waals surface area contributed by atoms with Crippen LogP contribution in [0.5, 0.6) is 0 Å². The molecule has 5 nitrogen and oxygen atoms in total. The molecule has 0 spiro atoms. The molecule has 2 aromatic rings. The highest BCUT2D eigenvalue weighted by Crippen LogP contribution is 2.32. The predicted octanol–water partition coefficient (Wildman–Crippen LogP) is 2.46. The third-order valence-corrected chi connectivity index (χ3v) is 6.60. The van der Waals surface area contributed by atoms with Crippen molar-refractivity contribution in [2.45, 2.75) is 38.1 Å². The molecule has 0 amide bonds. The summed E-state index contributed by atoms with van der Waals surface area (Å²) >= 11 is 0. The molecule has 1 aromatic carbocycles. The van der Waals surface area contributed by atoms with Crippen LogP contribution in [0.2, 0.25) is 0 Å². The molecular weight excluding hydrogens is 348 g/mol. The summed E-state index contributed by atoms with van der Waals surface area (Å²) in [7, 11) is -3.07. The third kappa shape index (κ3) is 3.58. The first-order valence-electron chi connectivity index (χ1n) is 8.49. The lowest BCUT2D eigenvalue weighted by atomic mass is 10.1. The Labute approximate surface area is 145 Å². The minimum Gasteiger partial charge on any atom is -0.245 e. The topological polar surface area (TPSA) is 64.8 Å². The Morgan fingerprint density at radius 2 is 2.00 bits per heavy atom. The SMILES string of the molecule is O=S1(=O)CC[C@@H](n2nc(CC3CC3)nc2Cc2cccc(F)c2F)C1. The summed E-state index contributed by atoms with van der Waals surface area (Å²) in [5.41, 5.74) is 0.201. The van der Waals surface area contributed by atoms with Crippen molar-refractivity contribution in [3.63, 3.8) is 0 Å². The van der Waals surface area contributed by atoms with Gasteiger partial charge in [-0.15, -0.1) is 0 Å². The van der Waals surface area contributed by atoms with E-state index in [-0.39, 0.29) is 29.5 Å². The molecule has 0 unspecified atom stereocenters. The number of hydrogen-bond acceptors (Lipinski definition) is 4. The Balaban J connectivity index is 1.67. The van der Waals surface area contributed by atoms with Crippen LogP contribution < -0.4 is 0 Å². The largest absolute Gasteiger partial charge is 0.245 e. The number of benzene rings is 1. The standard InChI is InChI=1S/C17H19F2N3O2S/c18-14-3-1-2-12(17(14)19)9-16-20-15(8-11-4-5-11)21-22(16)13-6-7-25(23,24)10-13/h1-3,11,13H,4-10H2/t13-/m1/s1. The van der Waals surface area contributed by atoms with E-state index in [2.05, 4.69) is 10.1 Å². The van der Waals surface area contributed by atoms with Crippen molar-refractivity contribution in [3.8, 4) is 0 Å². The maximum absolute atomic E-state index is 14.0. The van der Waals surface area contributed by atoms with Gasteiger partial charge in [-0.05, 0) is 36.8 Å². The Hall–Kier alpha value is -1.83. The molecule has 2 fully saturated rings. The lowest BCUT2D eigenvalue weighted by Crippen LogP contribution is -2.16. The fourth-order valence-electron chi connectivity index (χ4n) is 3.31. The fraction of sp³-hybridized carbons (Fsp3) is 0.529. The molecule has 0 radical (unpaired) electrons. The van der Waals surface area contributed by atoms with Crippen LogP contribution in [0.15, 0.2) is 18.2 Å². The van der Waals surface area contributed by atoms with E-state index in [0.29, 0.717) is 24.0 Å². The maximum Gasteiger partial charge on any atom is 0.162 e. The lowest BCUT2D eigenvalue weighted by molar-refractivity contribution is 0.471. The van der Waals surface area contributed by atoms with Gasteiger partial charge in [-0.3, -0.25) is 0 Å². The minimum absolute atomic E-state index is 0.0257. The molecule has 2 aliphatic rings. The van der Waals surface area contributed by atoms with Gasteiger partial charge in [0.25, 0.3) is 0 Å². The highest BCUT2D eigenvalue weighted by Gasteiger charge is 2.33. The first-order valence-corrected chi connectivity index (χ1v) is 10.3. The second kappa shape index (κ2) is 6.16. The average molecular weight is 367 g/mol. The van der Waals surface area contributed by atoms with Crippen LogP contribution in [-0.4, -0.2) is 34.7 Å². The number of hydrogen-bond donors (Lipinski definition) is 0. The van der Waals surface area contributed by atoms with Gasteiger partial charge in [0.2, 0.25) is 0 Å². The first-order chi connectivity index (χ1) is 11.9. The second-order valence-corrected chi connectivity index (χ2v) is 9.21. The van der Waals surface area contributed by atoms with Gasteiger partial charge in [-0.2, -0.15) is 5.10 Å². The quantitative estimate of drug-likeness (QED) is 0.814. The van der Waals surface area contributed by atoms with Gasteiger partial charge in [0, 0.05) is 12.8 Å². The second-order valence-electron chi connectivity index (χ2n) is 6.98. The van der Waals surface area contributed by atoms with E-state index < -0.39 is 21.5 Å². The fourth-order valence-corrected chi connectivity index (χ4v) is 5.00. The van der Waals surface area contributed by atoms with E-state index >= 15 is 0 Å². The van der Waals surface area contributed by atoms with Crippen molar-refractivity contribution in [2.75, 3.05) is 11.5 Å². The molecule has 1 atom stereocenters. The Morgan fingerprint density at radius 1 is 1.20 bits per heavy atom. The van der Waals surface area contributed by atoms with Crippen molar-refractivity contribution in [1.29, 1.82) is 0 Å². The summed E-state index contributed by atoms with van der Waals surface area (Å²) in [6.45, 7) is 0. The van der Waals surface area contributed by atoms with Crippen molar-refractivity contribution >= 4 is 9.84 Å². The van der Waals surface area contributed by atoms with Gasteiger partial charge in [-0.25, -0.2) is 26.9 Å². The molecule has 1 aromatic heterocycles. The molecule has 134 valence electrons. The van der Waals surface area contributed by atoms with Crippen LogP contribution in [0.1, 0.15) is 42.5 Å². The molecule has 2 heterocycles. The maximum atomic E-state index is 14.0. The molecule has 1 aliphatic heterocycles. The van der Waals surface area contributed by atoms with Crippen molar-refractivity contribution in [3.05, 3.63) is 47.0 Å². The van der Waals surface area contributed by atoms with Crippen LogP contribution in [0.25, 0.3) is 0 Å². The van der Waals surface area contributed by atoms with Crippen molar-refractivity contribution in [2.24, 2.45) is 5.92 Å². The van der Waals surface area contributed by atoms with Crippen LogP contribution in [0.4, 0.5) is 8.78 Å². The molecule has 1 saturated heterocycles. The molecule has 0 N–H and O–H groups in total. The van der Waals surface area contributed by atoms with E-state index in [1.54, 1.807) is 4.68 Å². The molecule has 1 aliphatic carbocycles. The number of halogens is 2. The summed E-state index contributed by atoms with van der Waals surface area (Å²) in [5, 5.41) is 4.51. The van der Waals surface area contributed by atoms with E-state index in [1.165, 1.54) is 12.1 Å². The summed E-state index contributed by atoms with van der Waals surface area (Å²) in [4.78, 5) is 4.52. The normalized spacial score (nSPS) is 22.4. The van der Waals surface area contributed by atoms with Crippen LogP contribution >= 0.6 is 0 Å². The van der Waals surface area contributed by atoms with Crippen LogP contribution in [0, 0.1) is 17.6 Å². The van der Waals surface area contributed by atoms with E-state index in [9.17, 15) is 17.2 Å². The average Bonchev–Trinajstić information content (AvgIpc) is 3.16. The Morgan fingerprint density at radius 3 is 2.68 bits per heavy atom. The number of nitrogens with zero attached hydrogens (tertiary/aromatic N) is 3. The summed E-state index contributed by atoms with van der Waals surface area (Å²) in [6, 6.07) is 3.77. The van der Waals surface area contributed by atoms with E-state index in [0.717, 1.165) is 25.3 Å². The van der Waals surface area contributed by atoms with Crippen molar-refractivity contribution < 1.29 is 17.2 Å². The van der Waals surface area contributed by atoms with Gasteiger partial charge in [0.05, 0.1) is 17.5 Å². The van der Waals surface area contributed by atoms with Crippen LogP contribution in [0.3, 0.4) is 0 Å². The Kier molecular flexibility index (Phi) is 4.10. The molecule has 1 saturated carbocycles. The van der Waals surface area contributed by atoms with Gasteiger partial charge in [0.1, 0.15) is 5.82 Å². The molecule has 4 rings (SSSR count). The zero-order valence-electron chi connectivity index (χ0n) is 13.7. The highest BCUT2D eigenvalue weighted by molar-refractivity contribution is 7.91. The molecule has 8 heteroatoms. The van der Waals surface area contributed by atoms with Gasteiger partial charge in [-0.1, -0.05) is 12.1 Å². The zero-order valence-corrected chi connectivity index (χ0v) is 14.5. The number of rotatable bonds is 5. The molecular formula is C17H19F2N3O2S. The zero-order chi connectivity index (χ0) is 17.6. The van der Waals surface area contributed by atoms with Crippen LogP contribution in [-0.2, 0) is 22.7 Å². The lowest BCUT2D eigenvalue weighted by Gasteiger charge is -2.12. The van der Waals surface area contributed by atoms with E-state index in [4.69, 9.17) is 0 Å².